The maximum Gasteiger partial charge on any atom is 0.619 e. The van der Waals surface area contributed by atoms with Gasteiger partial charge in [0.2, 0.25) is 0 Å². The lowest BCUT2D eigenvalue weighted by Gasteiger charge is -2.22. The van der Waals surface area contributed by atoms with Crippen LogP contribution in [0.3, 0.4) is 0 Å². The zero-order chi connectivity index (χ0) is 19.0. The van der Waals surface area contributed by atoms with E-state index in [1.54, 1.807) is 12.1 Å². The standard InChI is InChI=1S/C16H17ClN3O6P/c17-13-7-14(18)19-16(21)20(13)15-6-5-11(25-15)9-24-27(22)23-8-10-3-1-2-4-12(10)26-27/h1-4,7,11,15,22H,5-6,8-9H2,(H-,18,19,21)/p+1. The summed E-state index contributed by atoms with van der Waals surface area (Å²) < 4.78 is 23.5. The molecule has 1 fully saturated rings. The first kappa shape index (κ1) is 18.6. The summed E-state index contributed by atoms with van der Waals surface area (Å²) in [5, 5.41) is 0.153. The van der Waals surface area contributed by atoms with Gasteiger partial charge in [0.15, 0.2) is 5.75 Å². The quantitative estimate of drug-likeness (QED) is 0.578. The fourth-order valence-corrected chi connectivity index (χ4v) is 4.55. The molecule has 2 aliphatic heterocycles. The van der Waals surface area contributed by atoms with Crippen LogP contribution in [-0.2, 0) is 20.4 Å². The molecule has 0 amide bonds. The lowest BCUT2D eigenvalue weighted by molar-refractivity contribution is -0.0299. The Kier molecular flexibility index (Phi) is 5.07. The Hall–Kier alpha value is -1.74. The second kappa shape index (κ2) is 7.35. The number of nitrogen functional groups attached to an aromatic ring is 1. The van der Waals surface area contributed by atoms with Gasteiger partial charge in [-0.2, -0.15) is 9.88 Å². The van der Waals surface area contributed by atoms with E-state index in [0.717, 1.165) is 5.56 Å². The number of ether oxygens (including phenoxy) is 1. The van der Waals surface area contributed by atoms with E-state index >= 15 is 0 Å². The number of nitrogens with zero attached hydrogens (tertiary/aromatic N) is 2. The maximum atomic E-state index is 12.0. The molecule has 1 aromatic carbocycles. The van der Waals surface area contributed by atoms with Gasteiger partial charge in [-0.05, 0) is 18.9 Å². The molecular formula is C16H18ClN3O6P+. The summed E-state index contributed by atoms with van der Waals surface area (Å²) in [6.07, 6.45) is 0.215. The van der Waals surface area contributed by atoms with Crippen LogP contribution < -0.4 is 15.9 Å². The molecule has 2 aliphatic rings. The summed E-state index contributed by atoms with van der Waals surface area (Å²) in [4.78, 5) is 26.2. The number of para-hydroxylation sites is 1. The number of nitrogens with two attached hydrogens (primary N) is 1. The minimum absolute atomic E-state index is 0.0533. The molecule has 2 aromatic rings. The molecule has 1 aromatic heterocycles. The summed E-state index contributed by atoms with van der Waals surface area (Å²) in [5.41, 5.74) is 5.78. The van der Waals surface area contributed by atoms with Gasteiger partial charge in [0.25, 0.3) is 0 Å². The summed E-state index contributed by atoms with van der Waals surface area (Å²) in [6, 6.07) is 8.66. The Morgan fingerprint density at radius 3 is 3.04 bits per heavy atom. The maximum absolute atomic E-state index is 12.0. The van der Waals surface area contributed by atoms with E-state index in [2.05, 4.69) is 4.98 Å². The lowest BCUT2D eigenvalue weighted by Crippen LogP contribution is -2.29. The monoisotopic (exact) mass is 414 g/mol. The Bertz CT molecular complexity index is 912. The predicted octanol–water partition coefficient (Wildman–Crippen LogP) is 2.45. The van der Waals surface area contributed by atoms with Gasteiger partial charge in [-0.25, -0.2) is 4.79 Å². The van der Waals surface area contributed by atoms with Crippen molar-refractivity contribution in [2.24, 2.45) is 0 Å². The third-order valence-corrected chi connectivity index (χ3v) is 5.94. The van der Waals surface area contributed by atoms with E-state index in [-0.39, 0.29) is 30.3 Å². The summed E-state index contributed by atoms with van der Waals surface area (Å²) in [6.45, 7) is 0.258. The van der Waals surface area contributed by atoms with Crippen LogP contribution in [0.15, 0.2) is 35.1 Å². The molecule has 0 saturated carbocycles. The van der Waals surface area contributed by atoms with E-state index in [0.29, 0.717) is 18.6 Å². The average molecular weight is 415 g/mol. The minimum Gasteiger partial charge on any atom is -0.383 e. The van der Waals surface area contributed by atoms with Gasteiger partial charge in [0, 0.05) is 11.6 Å². The first-order valence-electron chi connectivity index (χ1n) is 8.32. The Morgan fingerprint density at radius 2 is 2.22 bits per heavy atom. The van der Waals surface area contributed by atoms with Crippen molar-refractivity contribution in [2.75, 3.05) is 12.3 Å². The number of hydrogen-bond acceptors (Lipinski definition) is 8. The van der Waals surface area contributed by atoms with Crippen LogP contribution in [0.1, 0.15) is 24.6 Å². The van der Waals surface area contributed by atoms with E-state index in [1.807, 2.05) is 12.1 Å². The molecule has 11 heteroatoms. The number of hydrogen-bond donors (Lipinski definition) is 2. The van der Waals surface area contributed by atoms with E-state index < -0.39 is 20.1 Å². The summed E-state index contributed by atoms with van der Waals surface area (Å²) >= 11 is 6.09. The number of benzene rings is 1. The molecule has 0 bridgehead atoms. The molecule has 9 nitrogen and oxygen atoms in total. The molecular weight excluding hydrogens is 397 g/mol. The summed E-state index contributed by atoms with van der Waals surface area (Å²) in [7, 11) is -3.47. The fraction of sp³-hybridized carbons (Fsp3) is 0.375. The van der Waals surface area contributed by atoms with Crippen LogP contribution in [0.5, 0.6) is 5.75 Å². The number of fused-ring (bicyclic) bond motifs is 1. The zero-order valence-corrected chi connectivity index (χ0v) is 15.8. The molecule has 0 aliphatic carbocycles. The molecule has 3 N–H and O–H groups in total. The van der Waals surface area contributed by atoms with Crippen molar-refractivity contribution in [3.05, 3.63) is 51.5 Å². The highest BCUT2D eigenvalue weighted by molar-refractivity contribution is 7.55. The number of rotatable bonds is 4. The van der Waals surface area contributed by atoms with E-state index in [9.17, 15) is 9.69 Å². The van der Waals surface area contributed by atoms with Gasteiger partial charge in [0.1, 0.15) is 30.4 Å². The molecule has 0 spiro atoms. The molecule has 0 radical (unpaired) electrons. The second-order valence-corrected chi connectivity index (χ2v) is 8.21. The molecule has 4 rings (SSSR count). The molecule has 3 heterocycles. The molecule has 144 valence electrons. The van der Waals surface area contributed by atoms with Crippen molar-refractivity contribution in [1.82, 2.24) is 9.55 Å². The molecule has 3 atom stereocenters. The highest BCUT2D eigenvalue weighted by Gasteiger charge is 2.51. The zero-order valence-electron chi connectivity index (χ0n) is 14.2. The van der Waals surface area contributed by atoms with Crippen molar-refractivity contribution in [3.8, 4) is 5.75 Å². The second-order valence-electron chi connectivity index (χ2n) is 6.18. The average Bonchev–Trinajstić information content (AvgIpc) is 3.08. The van der Waals surface area contributed by atoms with Crippen LogP contribution in [0.4, 0.5) is 5.82 Å². The number of halogens is 1. The SMILES string of the molecule is Nc1cc(Cl)n(C2CCC(CO[P+]3(O)OCc4ccccc4O3)O2)c(=O)n1. The molecule has 27 heavy (non-hydrogen) atoms. The van der Waals surface area contributed by atoms with Crippen LogP contribution in [-0.4, -0.2) is 27.2 Å². The highest BCUT2D eigenvalue weighted by atomic mass is 35.5. The largest absolute Gasteiger partial charge is 0.619 e. The number of aromatic nitrogens is 2. The van der Waals surface area contributed by atoms with Crippen LogP contribution in [0, 0.1) is 0 Å². The van der Waals surface area contributed by atoms with E-state index in [4.69, 9.17) is 35.6 Å². The lowest BCUT2D eigenvalue weighted by atomic mass is 10.2. The van der Waals surface area contributed by atoms with Crippen molar-refractivity contribution >= 4 is 25.6 Å². The predicted molar refractivity (Wildman–Crippen MR) is 98.0 cm³/mol. The van der Waals surface area contributed by atoms with Gasteiger partial charge in [-0.15, -0.1) is 9.05 Å². The molecule has 1 saturated heterocycles. The third-order valence-electron chi connectivity index (χ3n) is 4.29. The highest BCUT2D eigenvalue weighted by Crippen LogP contribution is 2.61. The first-order chi connectivity index (χ1) is 12.9. The van der Waals surface area contributed by atoms with Crippen LogP contribution in [0.25, 0.3) is 0 Å². The smallest absolute Gasteiger partial charge is 0.383 e. The number of anilines is 1. The van der Waals surface area contributed by atoms with E-state index in [1.165, 1.54) is 10.6 Å². The first-order valence-corrected chi connectivity index (χ1v) is 10.2. The van der Waals surface area contributed by atoms with Gasteiger partial charge in [0.05, 0.1) is 6.10 Å². The Balaban J connectivity index is 1.38. The Morgan fingerprint density at radius 1 is 1.41 bits per heavy atom. The fourth-order valence-electron chi connectivity index (χ4n) is 2.99. The summed E-state index contributed by atoms with van der Waals surface area (Å²) in [5.74, 6) is 0.592. The normalized spacial score (nSPS) is 27.2. The minimum atomic E-state index is -3.47. The molecule has 3 unspecified atom stereocenters. The van der Waals surface area contributed by atoms with Gasteiger partial charge >= 0.3 is 13.9 Å². The van der Waals surface area contributed by atoms with Gasteiger partial charge in [-0.3, -0.25) is 9.09 Å². The van der Waals surface area contributed by atoms with Crippen LogP contribution >= 0.6 is 19.8 Å². The topological polar surface area (TPSA) is 118 Å². The third kappa shape index (κ3) is 3.94. The van der Waals surface area contributed by atoms with Crippen molar-refractivity contribution in [1.29, 1.82) is 0 Å². The van der Waals surface area contributed by atoms with Crippen molar-refractivity contribution < 1.29 is 23.2 Å². The van der Waals surface area contributed by atoms with Crippen molar-refractivity contribution in [2.45, 2.75) is 31.8 Å². The Labute approximate surface area is 160 Å². The van der Waals surface area contributed by atoms with Crippen molar-refractivity contribution in [3.63, 3.8) is 0 Å². The van der Waals surface area contributed by atoms with Crippen LogP contribution in [0.2, 0.25) is 5.15 Å². The van der Waals surface area contributed by atoms with Gasteiger partial charge in [-0.1, -0.05) is 29.8 Å². The van der Waals surface area contributed by atoms with Gasteiger partial charge < -0.3 is 10.5 Å².